The van der Waals surface area contributed by atoms with Crippen LogP contribution in [0.25, 0.3) is 11.0 Å². The molecule has 1 aromatic carbocycles. The van der Waals surface area contributed by atoms with E-state index in [0.717, 1.165) is 36.5 Å². The van der Waals surface area contributed by atoms with E-state index in [2.05, 4.69) is 19.9 Å². The number of ether oxygens (including phenoxy) is 1. The van der Waals surface area contributed by atoms with Crippen molar-refractivity contribution in [3.63, 3.8) is 0 Å². The molecule has 0 spiro atoms. The molecule has 0 aliphatic carbocycles. The van der Waals surface area contributed by atoms with E-state index in [-0.39, 0.29) is 0 Å². The van der Waals surface area contributed by atoms with Gasteiger partial charge in [0.15, 0.2) is 0 Å². The van der Waals surface area contributed by atoms with Gasteiger partial charge in [-0.05, 0) is 38.0 Å². The Bertz CT molecular complexity index is 497. The third kappa shape index (κ3) is 2.46. The van der Waals surface area contributed by atoms with E-state index >= 15 is 0 Å². The van der Waals surface area contributed by atoms with Crippen LogP contribution in [0.1, 0.15) is 38.0 Å². The zero-order valence-corrected chi connectivity index (χ0v) is 10.9. The van der Waals surface area contributed by atoms with Crippen LogP contribution in [0.2, 0.25) is 0 Å². The average Bonchev–Trinajstić information content (AvgIpc) is 2.71. The summed E-state index contributed by atoms with van der Waals surface area (Å²) in [5.41, 5.74) is 2.29. The van der Waals surface area contributed by atoms with Crippen molar-refractivity contribution in [2.24, 2.45) is 0 Å². The van der Waals surface area contributed by atoms with Crippen LogP contribution in [0.15, 0.2) is 22.6 Å². The van der Waals surface area contributed by atoms with Gasteiger partial charge >= 0.3 is 0 Å². The molecule has 2 aromatic rings. The Hall–Kier alpha value is -1.44. The molecule has 0 fully saturated rings. The second-order valence-corrected chi connectivity index (χ2v) is 4.47. The predicted octanol–water partition coefficient (Wildman–Crippen LogP) is 4.48. The predicted molar refractivity (Wildman–Crippen MR) is 70.7 cm³/mol. The van der Waals surface area contributed by atoms with E-state index in [4.69, 9.17) is 9.15 Å². The van der Waals surface area contributed by atoms with E-state index in [1.807, 2.05) is 19.1 Å². The van der Waals surface area contributed by atoms with Gasteiger partial charge in [-0.1, -0.05) is 20.3 Å². The van der Waals surface area contributed by atoms with Crippen molar-refractivity contribution in [1.82, 2.24) is 0 Å². The summed E-state index contributed by atoms with van der Waals surface area (Å²) in [7, 11) is 0. The number of benzene rings is 1. The number of hydrogen-bond acceptors (Lipinski definition) is 2. The number of aryl methyl sites for hydroxylation is 2. The monoisotopic (exact) mass is 232 g/mol. The molecule has 1 aliphatic heterocycles. The second kappa shape index (κ2) is 5.26. The summed E-state index contributed by atoms with van der Waals surface area (Å²) < 4.78 is 11.2. The molecule has 1 aromatic heterocycles. The third-order valence-corrected chi connectivity index (χ3v) is 2.72. The van der Waals surface area contributed by atoms with Crippen molar-refractivity contribution in [3.05, 3.63) is 29.5 Å². The van der Waals surface area contributed by atoms with Gasteiger partial charge in [-0.2, -0.15) is 0 Å². The van der Waals surface area contributed by atoms with Gasteiger partial charge in [-0.3, -0.25) is 0 Å². The molecule has 1 aliphatic rings. The molecule has 17 heavy (non-hydrogen) atoms. The highest BCUT2D eigenvalue weighted by molar-refractivity contribution is 5.84. The summed E-state index contributed by atoms with van der Waals surface area (Å²) in [6.45, 7) is 7.07. The highest BCUT2D eigenvalue weighted by atomic mass is 16.5. The van der Waals surface area contributed by atoms with Crippen LogP contribution in [-0.2, 0) is 6.42 Å². The third-order valence-electron chi connectivity index (χ3n) is 2.72. The number of hydrogen-bond donors (Lipinski definition) is 0. The SMILES string of the molecule is CCC.Cc1cc2c3c(ccc2o1)OCCC3. The van der Waals surface area contributed by atoms with E-state index < -0.39 is 0 Å². The molecule has 0 radical (unpaired) electrons. The molecular formula is C15H20O2. The zero-order valence-electron chi connectivity index (χ0n) is 10.9. The topological polar surface area (TPSA) is 22.4 Å². The first-order valence-corrected chi connectivity index (χ1v) is 6.41. The van der Waals surface area contributed by atoms with Crippen LogP contribution in [0.4, 0.5) is 0 Å². The quantitative estimate of drug-likeness (QED) is 0.668. The van der Waals surface area contributed by atoms with Crippen LogP contribution in [-0.4, -0.2) is 6.61 Å². The Morgan fingerprint density at radius 2 is 2.00 bits per heavy atom. The minimum atomic E-state index is 0.843. The molecule has 2 heterocycles. The molecule has 0 saturated carbocycles. The lowest BCUT2D eigenvalue weighted by Crippen LogP contribution is -2.08. The highest BCUT2D eigenvalue weighted by Crippen LogP contribution is 2.33. The maximum Gasteiger partial charge on any atom is 0.134 e. The minimum Gasteiger partial charge on any atom is -0.493 e. The van der Waals surface area contributed by atoms with Gasteiger partial charge in [0, 0.05) is 10.9 Å². The average molecular weight is 232 g/mol. The van der Waals surface area contributed by atoms with E-state index in [1.54, 1.807) is 0 Å². The standard InChI is InChI=1S/C12H12O2.C3H8/c1-8-7-10-9-3-2-6-13-11(9)4-5-12(10)14-8;1-3-2/h4-5,7H,2-3,6H2,1H3;3H2,1-2H3. The Balaban J connectivity index is 0.000000329. The molecule has 2 heteroatoms. The van der Waals surface area contributed by atoms with E-state index in [0.29, 0.717) is 0 Å². The van der Waals surface area contributed by atoms with Gasteiger partial charge in [0.2, 0.25) is 0 Å². The van der Waals surface area contributed by atoms with Crippen molar-refractivity contribution in [3.8, 4) is 5.75 Å². The van der Waals surface area contributed by atoms with E-state index in [1.165, 1.54) is 17.4 Å². The first kappa shape index (κ1) is 12.0. The Labute approximate surface area is 103 Å². The summed E-state index contributed by atoms with van der Waals surface area (Å²) in [6.07, 6.45) is 3.46. The Kier molecular flexibility index (Phi) is 3.72. The lowest BCUT2D eigenvalue weighted by molar-refractivity contribution is 0.289. The smallest absolute Gasteiger partial charge is 0.134 e. The van der Waals surface area contributed by atoms with Gasteiger partial charge < -0.3 is 9.15 Å². The Morgan fingerprint density at radius 1 is 1.24 bits per heavy atom. The fourth-order valence-corrected chi connectivity index (χ4v) is 2.10. The van der Waals surface area contributed by atoms with Crippen LogP contribution in [0.5, 0.6) is 5.75 Å². The first-order valence-electron chi connectivity index (χ1n) is 6.41. The van der Waals surface area contributed by atoms with Crippen LogP contribution >= 0.6 is 0 Å². The first-order chi connectivity index (χ1) is 8.26. The lowest BCUT2D eigenvalue weighted by Gasteiger charge is -2.17. The van der Waals surface area contributed by atoms with Gasteiger partial charge in [0.1, 0.15) is 17.1 Å². The molecule has 0 bridgehead atoms. The Morgan fingerprint density at radius 3 is 2.76 bits per heavy atom. The summed E-state index contributed by atoms with van der Waals surface area (Å²) in [5, 5.41) is 1.22. The van der Waals surface area contributed by atoms with Crippen LogP contribution in [0, 0.1) is 6.92 Å². The molecule has 2 nitrogen and oxygen atoms in total. The molecule has 0 saturated heterocycles. The lowest BCUT2D eigenvalue weighted by atomic mass is 10.0. The molecule has 0 atom stereocenters. The fourth-order valence-electron chi connectivity index (χ4n) is 2.10. The molecule has 3 rings (SSSR count). The highest BCUT2D eigenvalue weighted by Gasteiger charge is 2.15. The summed E-state index contributed by atoms with van der Waals surface area (Å²) in [6, 6.07) is 6.11. The number of furan rings is 1. The van der Waals surface area contributed by atoms with Gasteiger partial charge in [0.25, 0.3) is 0 Å². The van der Waals surface area contributed by atoms with Gasteiger partial charge in [-0.25, -0.2) is 0 Å². The van der Waals surface area contributed by atoms with Gasteiger partial charge in [0.05, 0.1) is 6.61 Å². The number of fused-ring (bicyclic) bond motifs is 3. The molecular weight excluding hydrogens is 212 g/mol. The largest absolute Gasteiger partial charge is 0.493 e. The van der Waals surface area contributed by atoms with Crippen molar-refractivity contribution >= 4 is 11.0 Å². The van der Waals surface area contributed by atoms with Crippen LogP contribution < -0.4 is 4.74 Å². The normalized spacial score (nSPS) is 13.6. The molecule has 0 unspecified atom stereocenters. The van der Waals surface area contributed by atoms with Crippen molar-refractivity contribution < 1.29 is 9.15 Å². The van der Waals surface area contributed by atoms with Gasteiger partial charge in [-0.15, -0.1) is 0 Å². The number of rotatable bonds is 0. The maximum absolute atomic E-state index is 5.60. The van der Waals surface area contributed by atoms with Crippen molar-refractivity contribution in [2.45, 2.75) is 40.0 Å². The zero-order chi connectivity index (χ0) is 12.3. The fraction of sp³-hybridized carbons (Fsp3) is 0.467. The van der Waals surface area contributed by atoms with Crippen molar-refractivity contribution in [2.75, 3.05) is 6.61 Å². The molecule has 0 amide bonds. The summed E-state index contributed by atoms with van der Waals surface area (Å²) in [4.78, 5) is 0. The molecule has 92 valence electrons. The second-order valence-electron chi connectivity index (χ2n) is 4.47. The summed E-state index contributed by atoms with van der Waals surface area (Å²) >= 11 is 0. The minimum absolute atomic E-state index is 0.843. The van der Waals surface area contributed by atoms with Crippen molar-refractivity contribution in [1.29, 1.82) is 0 Å². The summed E-state index contributed by atoms with van der Waals surface area (Å²) in [5.74, 6) is 2.00. The van der Waals surface area contributed by atoms with E-state index in [9.17, 15) is 0 Å². The maximum atomic E-state index is 5.60. The molecule has 0 N–H and O–H groups in total. The van der Waals surface area contributed by atoms with Crippen LogP contribution in [0.3, 0.4) is 0 Å².